The molecule has 0 atom stereocenters. The monoisotopic (exact) mass is 411 g/mol. The molecule has 3 aromatic heterocycles. The summed E-state index contributed by atoms with van der Waals surface area (Å²) in [5.41, 5.74) is 0.898. The van der Waals surface area contributed by atoms with Crippen LogP contribution in [0.1, 0.15) is 32.0 Å². The van der Waals surface area contributed by atoms with Crippen LogP contribution in [-0.4, -0.2) is 52.8 Å². The van der Waals surface area contributed by atoms with Gasteiger partial charge in [0.05, 0.1) is 5.00 Å². The number of nitrogens with zero attached hydrogens (tertiary/aromatic N) is 5. The summed E-state index contributed by atoms with van der Waals surface area (Å²) in [6.45, 7) is 5.94. The SMILES string of the molecule is CCNC(=NCCCc1nnc2ccccn12)NC1CCN(c2cccs2)CC1. The van der Waals surface area contributed by atoms with Crippen molar-refractivity contribution in [3.05, 3.63) is 47.7 Å². The van der Waals surface area contributed by atoms with Crippen LogP contribution < -0.4 is 15.5 Å². The highest BCUT2D eigenvalue weighted by Gasteiger charge is 2.20. The zero-order valence-corrected chi connectivity index (χ0v) is 17.7. The number of guanidine groups is 1. The number of nitrogens with one attached hydrogen (secondary N) is 2. The summed E-state index contributed by atoms with van der Waals surface area (Å²) in [4.78, 5) is 7.26. The van der Waals surface area contributed by atoms with Crippen LogP contribution in [0.3, 0.4) is 0 Å². The number of anilines is 1. The predicted octanol–water partition coefficient (Wildman–Crippen LogP) is 2.95. The summed E-state index contributed by atoms with van der Waals surface area (Å²) in [6, 6.07) is 10.8. The minimum atomic E-state index is 0.476. The van der Waals surface area contributed by atoms with E-state index in [2.05, 4.69) is 54.6 Å². The van der Waals surface area contributed by atoms with E-state index in [0.717, 1.165) is 69.3 Å². The zero-order valence-electron chi connectivity index (χ0n) is 16.9. The lowest BCUT2D eigenvalue weighted by atomic mass is 10.1. The molecular weight excluding hydrogens is 382 g/mol. The van der Waals surface area contributed by atoms with Crippen molar-refractivity contribution in [2.45, 2.75) is 38.6 Å². The molecule has 2 N–H and O–H groups in total. The maximum atomic E-state index is 4.78. The standard InChI is InChI=1S/C21H29N7S/c1-2-22-21(24-17-10-14-27(15-11-17)20-9-6-16-29-20)23-12-5-8-19-26-25-18-7-3-4-13-28(18)19/h3-4,6-7,9,13,16-17H,2,5,8,10-12,14-15H2,1H3,(H2,22,23,24). The number of aromatic nitrogens is 3. The van der Waals surface area contributed by atoms with Gasteiger partial charge in [0.25, 0.3) is 0 Å². The number of aliphatic imine (C=N–C) groups is 1. The Bertz CT molecular complexity index is 910. The first-order chi connectivity index (χ1) is 14.3. The lowest BCUT2D eigenvalue weighted by Crippen LogP contribution is -2.48. The topological polar surface area (TPSA) is 69.8 Å². The molecule has 1 fully saturated rings. The molecule has 1 aliphatic rings. The van der Waals surface area contributed by atoms with Gasteiger partial charge in [0.1, 0.15) is 5.82 Å². The van der Waals surface area contributed by atoms with E-state index in [1.165, 1.54) is 5.00 Å². The fourth-order valence-corrected chi connectivity index (χ4v) is 4.48. The van der Waals surface area contributed by atoms with Gasteiger partial charge in [0.15, 0.2) is 11.6 Å². The Morgan fingerprint density at radius 2 is 2.10 bits per heavy atom. The highest BCUT2D eigenvalue weighted by atomic mass is 32.1. The van der Waals surface area contributed by atoms with Gasteiger partial charge in [-0.25, -0.2) is 0 Å². The number of aryl methyl sites for hydroxylation is 1. The van der Waals surface area contributed by atoms with Crippen molar-refractivity contribution < 1.29 is 0 Å². The van der Waals surface area contributed by atoms with Crippen LogP contribution in [0.2, 0.25) is 0 Å². The Morgan fingerprint density at radius 3 is 2.90 bits per heavy atom. The van der Waals surface area contributed by atoms with Crippen LogP contribution in [0.25, 0.3) is 5.65 Å². The van der Waals surface area contributed by atoms with E-state index in [-0.39, 0.29) is 0 Å². The van der Waals surface area contributed by atoms with Gasteiger partial charge < -0.3 is 15.5 Å². The number of piperidine rings is 1. The van der Waals surface area contributed by atoms with Crippen molar-refractivity contribution in [3.63, 3.8) is 0 Å². The van der Waals surface area contributed by atoms with Crippen LogP contribution in [0, 0.1) is 0 Å². The van der Waals surface area contributed by atoms with Gasteiger partial charge in [-0.2, -0.15) is 0 Å². The van der Waals surface area contributed by atoms with Gasteiger partial charge in [-0.3, -0.25) is 9.39 Å². The molecule has 4 rings (SSSR count). The first kappa shape index (κ1) is 19.7. The van der Waals surface area contributed by atoms with Crippen LogP contribution >= 0.6 is 11.3 Å². The molecule has 0 unspecified atom stereocenters. The van der Waals surface area contributed by atoms with Crippen molar-refractivity contribution in [2.75, 3.05) is 31.1 Å². The summed E-state index contributed by atoms with van der Waals surface area (Å²) in [5.74, 6) is 1.92. The van der Waals surface area contributed by atoms with Crippen molar-refractivity contribution >= 4 is 27.9 Å². The maximum Gasteiger partial charge on any atom is 0.191 e. The van der Waals surface area contributed by atoms with Crippen LogP contribution in [0.5, 0.6) is 0 Å². The van der Waals surface area contributed by atoms with Crippen molar-refractivity contribution in [1.82, 2.24) is 25.2 Å². The zero-order chi connectivity index (χ0) is 19.9. The minimum absolute atomic E-state index is 0.476. The first-order valence-corrected chi connectivity index (χ1v) is 11.3. The Labute approximate surface area is 175 Å². The Hall–Kier alpha value is -2.61. The predicted molar refractivity (Wildman–Crippen MR) is 120 cm³/mol. The third-order valence-electron chi connectivity index (χ3n) is 5.21. The lowest BCUT2D eigenvalue weighted by Gasteiger charge is -2.33. The van der Waals surface area contributed by atoms with Crippen molar-refractivity contribution in [2.24, 2.45) is 4.99 Å². The highest BCUT2D eigenvalue weighted by molar-refractivity contribution is 7.14. The first-order valence-electron chi connectivity index (χ1n) is 10.5. The molecule has 7 nitrogen and oxygen atoms in total. The van der Waals surface area contributed by atoms with Gasteiger partial charge in [0, 0.05) is 44.8 Å². The molecule has 0 spiro atoms. The minimum Gasteiger partial charge on any atom is -0.363 e. The van der Waals surface area contributed by atoms with E-state index in [1.807, 2.05) is 35.7 Å². The highest BCUT2D eigenvalue weighted by Crippen LogP contribution is 2.24. The molecule has 4 heterocycles. The molecule has 3 aromatic rings. The quantitative estimate of drug-likeness (QED) is 0.355. The summed E-state index contributed by atoms with van der Waals surface area (Å²) in [6.07, 6.45) is 6.10. The van der Waals surface area contributed by atoms with E-state index in [1.54, 1.807) is 0 Å². The van der Waals surface area contributed by atoms with E-state index in [9.17, 15) is 0 Å². The van der Waals surface area contributed by atoms with E-state index >= 15 is 0 Å². The number of pyridine rings is 1. The van der Waals surface area contributed by atoms with Crippen molar-refractivity contribution in [1.29, 1.82) is 0 Å². The number of fused-ring (bicyclic) bond motifs is 1. The molecule has 1 saturated heterocycles. The van der Waals surface area contributed by atoms with Gasteiger partial charge in [-0.1, -0.05) is 6.07 Å². The average molecular weight is 412 g/mol. The lowest BCUT2D eigenvalue weighted by molar-refractivity contribution is 0.462. The van der Waals surface area contributed by atoms with Crippen LogP contribution in [0.4, 0.5) is 5.00 Å². The average Bonchev–Trinajstić information content (AvgIpc) is 3.42. The second-order valence-electron chi connectivity index (χ2n) is 7.27. The molecule has 0 amide bonds. The summed E-state index contributed by atoms with van der Waals surface area (Å²) < 4.78 is 2.05. The second-order valence-corrected chi connectivity index (χ2v) is 8.19. The molecule has 8 heteroatoms. The van der Waals surface area contributed by atoms with Gasteiger partial charge >= 0.3 is 0 Å². The summed E-state index contributed by atoms with van der Waals surface area (Å²) in [5, 5.41) is 19.1. The smallest absolute Gasteiger partial charge is 0.191 e. The fourth-order valence-electron chi connectivity index (χ4n) is 3.70. The molecule has 1 aliphatic heterocycles. The normalized spacial score (nSPS) is 15.8. The Morgan fingerprint density at radius 1 is 1.21 bits per heavy atom. The Balaban J connectivity index is 1.25. The third kappa shape index (κ3) is 5.06. The number of hydrogen-bond donors (Lipinski definition) is 2. The Kier molecular flexibility index (Phi) is 6.61. The van der Waals surface area contributed by atoms with Crippen LogP contribution in [0.15, 0.2) is 46.9 Å². The van der Waals surface area contributed by atoms with Gasteiger partial charge in [-0.05, 0) is 55.8 Å². The van der Waals surface area contributed by atoms with Crippen LogP contribution in [-0.2, 0) is 6.42 Å². The molecular formula is C21H29N7S. The molecule has 154 valence electrons. The molecule has 0 radical (unpaired) electrons. The van der Waals surface area contributed by atoms with Crippen molar-refractivity contribution in [3.8, 4) is 0 Å². The van der Waals surface area contributed by atoms with Gasteiger partial charge in [0.2, 0.25) is 0 Å². The largest absolute Gasteiger partial charge is 0.363 e. The summed E-state index contributed by atoms with van der Waals surface area (Å²) in [7, 11) is 0. The number of rotatable bonds is 7. The number of thiophene rings is 1. The van der Waals surface area contributed by atoms with Gasteiger partial charge in [-0.15, -0.1) is 21.5 Å². The maximum absolute atomic E-state index is 4.78. The van der Waals surface area contributed by atoms with E-state index in [4.69, 9.17) is 4.99 Å². The summed E-state index contributed by atoms with van der Waals surface area (Å²) >= 11 is 1.82. The molecule has 0 saturated carbocycles. The molecule has 0 aromatic carbocycles. The fraction of sp³-hybridized carbons (Fsp3) is 0.476. The van der Waals surface area contributed by atoms with E-state index < -0.39 is 0 Å². The number of hydrogen-bond acceptors (Lipinski definition) is 5. The molecule has 29 heavy (non-hydrogen) atoms. The van der Waals surface area contributed by atoms with E-state index in [0.29, 0.717) is 6.04 Å². The molecule has 0 bridgehead atoms. The molecule has 0 aliphatic carbocycles. The second kappa shape index (κ2) is 9.73. The third-order valence-corrected chi connectivity index (χ3v) is 6.14.